The van der Waals surface area contributed by atoms with Crippen molar-refractivity contribution < 1.29 is 14.3 Å². The summed E-state index contributed by atoms with van der Waals surface area (Å²) in [6.45, 7) is 3.05. The number of thioether (sulfide) groups is 1. The van der Waals surface area contributed by atoms with Gasteiger partial charge in [-0.05, 0) is 43.4 Å². The van der Waals surface area contributed by atoms with Crippen LogP contribution in [0.25, 0.3) is 0 Å². The van der Waals surface area contributed by atoms with Crippen molar-refractivity contribution in [3.8, 4) is 0 Å². The van der Waals surface area contributed by atoms with Crippen molar-refractivity contribution in [2.75, 3.05) is 12.9 Å². The van der Waals surface area contributed by atoms with Crippen LogP contribution in [-0.4, -0.2) is 29.2 Å². The van der Waals surface area contributed by atoms with Gasteiger partial charge in [0.15, 0.2) is 11.2 Å². The summed E-state index contributed by atoms with van der Waals surface area (Å²) in [6, 6.07) is 11.2. The smallest absolute Gasteiger partial charge is 0.326 e. The number of ketones is 1. The quantitative estimate of drug-likeness (QED) is 0.246. The van der Waals surface area contributed by atoms with Gasteiger partial charge in [0, 0.05) is 28.9 Å². The van der Waals surface area contributed by atoms with Gasteiger partial charge in [0.2, 0.25) is 0 Å². The Kier molecular flexibility index (Phi) is 5.33. The molecule has 0 spiro atoms. The monoisotopic (exact) mass is 357 g/mol. The second kappa shape index (κ2) is 7.48. The summed E-state index contributed by atoms with van der Waals surface area (Å²) in [7, 11) is 0. The van der Waals surface area contributed by atoms with Gasteiger partial charge in [0.05, 0.1) is 6.61 Å². The first-order chi connectivity index (χ1) is 12.1. The summed E-state index contributed by atoms with van der Waals surface area (Å²) >= 11 is 1.58. The molecule has 1 unspecified atom stereocenters. The van der Waals surface area contributed by atoms with Crippen molar-refractivity contribution in [2.45, 2.75) is 43.0 Å². The minimum Gasteiger partial charge on any atom is -0.465 e. The van der Waals surface area contributed by atoms with Crippen molar-refractivity contribution in [1.82, 2.24) is 4.57 Å². The van der Waals surface area contributed by atoms with Gasteiger partial charge in [-0.15, -0.1) is 11.8 Å². The molecule has 132 valence electrons. The normalized spacial score (nSPS) is 18.8. The number of Topliss-reactive ketones (excluding diaryl/α,β-unsaturated/α-hetero) is 1. The molecule has 1 aliphatic rings. The van der Waals surface area contributed by atoms with E-state index in [0.29, 0.717) is 25.1 Å². The number of hydrogen-bond acceptors (Lipinski definition) is 4. The molecule has 1 aromatic heterocycles. The Hall–Kier alpha value is -2.01. The Morgan fingerprint density at radius 2 is 2.12 bits per heavy atom. The molecule has 3 rings (SSSR count). The lowest BCUT2D eigenvalue weighted by atomic mass is 9.76. The first kappa shape index (κ1) is 17.8. The predicted octanol–water partition coefficient (Wildman–Crippen LogP) is 4.08. The molecule has 0 radical (unpaired) electrons. The number of benzene rings is 1. The van der Waals surface area contributed by atoms with Crippen LogP contribution in [0, 0.1) is 0 Å². The van der Waals surface area contributed by atoms with Crippen molar-refractivity contribution in [2.24, 2.45) is 0 Å². The number of hydrogen-bond donors (Lipinski definition) is 0. The summed E-state index contributed by atoms with van der Waals surface area (Å²) < 4.78 is 7.50. The zero-order valence-electron chi connectivity index (χ0n) is 14.7. The fourth-order valence-corrected chi connectivity index (χ4v) is 3.84. The third-order valence-corrected chi connectivity index (χ3v) is 5.52. The van der Waals surface area contributed by atoms with Gasteiger partial charge in [0.25, 0.3) is 0 Å². The van der Waals surface area contributed by atoms with E-state index in [1.54, 1.807) is 17.8 Å². The van der Waals surface area contributed by atoms with Gasteiger partial charge in [0.1, 0.15) is 0 Å². The number of fused-ring (bicyclic) bond motifs is 1. The Morgan fingerprint density at radius 1 is 1.28 bits per heavy atom. The first-order valence-corrected chi connectivity index (χ1v) is 9.87. The average Bonchev–Trinajstić information content (AvgIpc) is 3.24. The van der Waals surface area contributed by atoms with Gasteiger partial charge in [-0.3, -0.25) is 9.59 Å². The van der Waals surface area contributed by atoms with Crippen LogP contribution in [-0.2, 0) is 21.5 Å². The Balaban J connectivity index is 2.00. The fraction of sp³-hybridized carbons (Fsp3) is 0.400. The molecule has 5 heteroatoms. The highest BCUT2D eigenvalue weighted by Gasteiger charge is 2.53. The maximum absolute atomic E-state index is 13.4. The fourth-order valence-electron chi connectivity index (χ4n) is 3.39. The third-order valence-electron chi connectivity index (χ3n) is 4.79. The minimum absolute atomic E-state index is 0.164. The van der Waals surface area contributed by atoms with Gasteiger partial charge in [-0.25, -0.2) is 0 Å². The van der Waals surface area contributed by atoms with E-state index in [9.17, 15) is 9.59 Å². The van der Waals surface area contributed by atoms with Crippen molar-refractivity contribution in [3.05, 3.63) is 53.9 Å². The van der Waals surface area contributed by atoms with E-state index in [4.69, 9.17) is 4.74 Å². The van der Waals surface area contributed by atoms with Crippen LogP contribution in [0.15, 0.2) is 47.5 Å². The number of nitrogens with zero attached hydrogens (tertiary/aromatic N) is 1. The van der Waals surface area contributed by atoms with Crippen molar-refractivity contribution in [1.29, 1.82) is 0 Å². The summed E-state index contributed by atoms with van der Waals surface area (Å²) in [5, 5.41) is 0. The lowest BCUT2D eigenvalue weighted by molar-refractivity contribution is -0.148. The van der Waals surface area contributed by atoms with E-state index in [0.717, 1.165) is 23.4 Å². The largest absolute Gasteiger partial charge is 0.465 e. The number of aryl methyl sites for hydroxylation is 1. The standard InChI is InChI=1S/C20H23NO3S/c1-3-4-13-24-19(23)20(10-12-21-11-6-9-17(20)21)18(22)15-7-5-8-16(14-15)25-2/h5-9,11,14H,3-4,10,12-13H2,1-2H3. The first-order valence-electron chi connectivity index (χ1n) is 8.65. The Morgan fingerprint density at radius 3 is 2.88 bits per heavy atom. The summed E-state index contributed by atoms with van der Waals surface area (Å²) in [5.74, 6) is -0.583. The maximum Gasteiger partial charge on any atom is 0.326 e. The number of aromatic nitrogens is 1. The maximum atomic E-state index is 13.4. The van der Waals surface area contributed by atoms with Crippen LogP contribution >= 0.6 is 11.8 Å². The highest BCUT2D eigenvalue weighted by Crippen LogP contribution is 2.40. The van der Waals surface area contributed by atoms with Crippen LogP contribution in [0.2, 0.25) is 0 Å². The molecule has 0 aliphatic carbocycles. The predicted molar refractivity (Wildman–Crippen MR) is 99.1 cm³/mol. The molecule has 0 saturated heterocycles. The number of carbonyl (C=O) groups excluding carboxylic acids is 2. The summed E-state index contributed by atoms with van der Waals surface area (Å²) in [5.41, 5.74) is 0.0800. The molecule has 0 bridgehead atoms. The lowest BCUT2D eigenvalue weighted by Crippen LogP contribution is -2.43. The van der Waals surface area contributed by atoms with Gasteiger partial charge in [-0.2, -0.15) is 0 Å². The number of rotatable bonds is 7. The molecule has 0 N–H and O–H groups in total. The molecule has 4 nitrogen and oxygen atoms in total. The molecule has 0 fully saturated rings. The van der Waals surface area contributed by atoms with Crippen LogP contribution < -0.4 is 0 Å². The zero-order valence-corrected chi connectivity index (χ0v) is 15.5. The molecular weight excluding hydrogens is 334 g/mol. The summed E-state index contributed by atoms with van der Waals surface area (Å²) in [4.78, 5) is 27.5. The molecule has 25 heavy (non-hydrogen) atoms. The highest BCUT2D eigenvalue weighted by molar-refractivity contribution is 7.98. The number of esters is 1. The molecule has 1 aliphatic heterocycles. The van der Waals surface area contributed by atoms with Gasteiger partial charge in [-0.1, -0.05) is 25.5 Å². The van der Waals surface area contributed by atoms with Crippen LogP contribution in [0.1, 0.15) is 42.2 Å². The molecular formula is C20H23NO3S. The summed E-state index contributed by atoms with van der Waals surface area (Å²) in [6.07, 6.45) is 6.09. The van der Waals surface area contributed by atoms with Crippen LogP contribution in [0.5, 0.6) is 0 Å². The number of unbranched alkanes of at least 4 members (excludes halogenated alkanes) is 1. The van der Waals surface area contributed by atoms with E-state index >= 15 is 0 Å². The number of ether oxygens (including phenoxy) is 1. The van der Waals surface area contributed by atoms with Crippen molar-refractivity contribution in [3.63, 3.8) is 0 Å². The van der Waals surface area contributed by atoms with Gasteiger partial charge < -0.3 is 9.30 Å². The van der Waals surface area contributed by atoms with E-state index < -0.39 is 11.4 Å². The lowest BCUT2D eigenvalue weighted by Gasteiger charge is -2.25. The van der Waals surface area contributed by atoms with E-state index in [2.05, 4.69) is 0 Å². The molecule has 1 atom stereocenters. The van der Waals surface area contributed by atoms with Gasteiger partial charge >= 0.3 is 5.97 Å². The Bertz CT molecular complexity index is 783. The zero-order chi connectivity index (χ0) is 17.9. The average molecular weight is 357 g/mol. The SMILES string of the molecule is CCCCOC(=O)C1(C(=O)c2cccc(SC)c2)CCn2cccc21. The van der Waals surface area contributed by atoms with Crippen LogP contribution in [0.3, 0.4) is 0 Å². The second-order valence-corrected chi connectivity index (χ2v) is 7.17. The molecule has 2 heterocycles. The van der Waals surface area contributed by atoms with Crippen LogP contribution in [0.4, 0.5) is 0 Å². The molecule has 0 amide bonds. The highest BCUT2D eigenvalue weighted by atomic mass is 32.2. The van der Waals surface area contributed by atoms with E-state index in [-0.39, 0.29) is 5.78 Å². The van der Waals surface area contributed by atoms with E-state index in [1.807, 2.05) is 54.3 Å². The van der Waals surface area contributed by atoms with Crippen molar-refractivity contribution >= 4 is 23.5 Å². The molecule has 1 aromatic carbocycles. The topological polar surface area (TPSA) is 48.3 Å². The Labute approximate surface area is 152 Å². The number of carbonyl (C=O) groups is 2. The minimum atomic E-state index is -1.23. The molecule has 2 aromatic rings. The van der Waals surface area contributed by atoms with E-state index in [1.165, 1.54) is 0 Å². The second-order valence-electron chi connectivity index (χ2n) is 6.29. The molecule has 0 saturated carbocycles. The third kappa shape index (κ3) is 3.13.